The van der Waals surface area contributed by atoms with Gasteiger partial charge in [-0.15, -0.1) is 0 Å². The molecule has 0 amide bonds. The first-order valence-electron chi connectivity index (χ1n) is 5.65. The highest BCUT2D eigenvalue weighted by Crippen LogP contribution is 2.20. The predicted molar refractivity (Wildman–Crippen MR) is 76.3 cm³/mol. The minimum Gasteiger partial charge on any atom is -0.381 e. The van der Waals surface area contributed by atoms with Crippen molar-refractivity contribution in [1.82, 2.24) is 4.57 Å². The molecule has 2 aromatic rings. The molecule has 0 radical (unpaired) electrons. The van der Waals surface area contributed by atoms with Crippen LogP contribution in [0.2, 0.25) is 0 Å². The Morgan fingerprint density at radius 1 is 1.39 bits per heavy atom. The maximum absolute atomic E-state index is 8.89. The van der Waals surface area contributed by atoms with Gasteiger partial charge in [-0.3, -0.25) is 0 Å². The first-order valence-corrected chi connectivity index (χ1v) is 6.45. The fourth-order valence-electron chi connectivity index (χ4n) is 1.80. The quantitative estimate of drug-likeness (QED) is 0.941. The first kappa shape index (κ1) is 12.7. The van der Waals surface area contributed by atoms with Crippen LogP contribution in [0.5, 0.6) is 0 Å². The number of nitrogens with zero attached hydrogens (tertiary/aromatic N) is 2. The highest BCUT2D eigenvalue weighted by Gasteiger charge is 2.02. The number of benzene rings is 1. The summed E-state index contributed by atoms with van der Waals surface area (Å²) >= 11 is 3.48. The van der Waals surface area contributed by atoms with Gasteiger partial charge >= 0.3 is 0 Å². The van der Waals surface area contributed by atoms with E-state index in [4.69, 9.17) is 5.26 Å². The summed E-state index contributed by atoms with van der Waals surface area (Å²) in [5.74, 6) is 0. The van der Waals surface area contributed by atoms with Crippen molar-refractivity contribution >= 4 is 21.6 Å². The highest BCUT2D eigenvalue weighted by atomic mass is 79.9. The summed E-state index contributed by atoms with van der Waals surface area (Å²) in [7, 11) is 1.88. The van der Waals surface area contributed by atoms with Crippen LogP contribution in [-0.2, 0) is 13.6 Å². The molecule has 0 saturated carbocycles. The standard InChI is InChI=1S/C14H14BrN3/c1-10-5-12(3-4-14(10)15)17-8-11-6-13(7-16)18(2)9-11/h3-6,9,17H,8H2,1-2H3. The molecule has 0 atom stereocenters. The Balaban J connectivity index is 2.07. The van der Waals surface area contributed by atoms with Gasteiger partial charge in [0.05, 0.1) is 0 Å². The summed E-state index contributed by atoms with van der Waals surface area (Å²) in [6.07, 6.45) is 1.97. The van der Waals surface area contributed by atoms with Crippen LogP contribution >= 0.6 is 15.9 Å². The van der Waals surface area contributed by atoms with Crippen LogP contribution < -0.4 is 5.32 Å². The Hall–Kier alpha value is -1.73. The van der Waals surface area contributed by atoms with Gasteiger partial charge in [0.1, 0.15) is 11.8 Å². The van der Waals surface area contributed by atoms with Gasteiger partial charge in [-0.2, -0.15) is 5.26 Å². The van der Waals surface area contributed by atoms with Gasteiger partial charge < -0.3 is 9.88 Å². The molecule has 2 rings (SSSR count). The average Bonchev–Trinajstić information content (AvgIpc) is 2.71. The number of nitrogens with one attached hydrogen (secondary N) is 1. The Labute approximate surface area is 115 Å². The Morgan fingerprint density at radius 3 is 2.78 bits per heavy atom. The van der Waals surface area contributed by atoms with E-state index in [0.717, 1.165) is 22.3 Å². The van der Waals surface area contributed by atoms with Crippen LogP contribution in [0.15, 0.2) is 34.9 Å². The molecule has 0 aliphatic rings. The van der Waals surface area contributed by atoms with Crippen molar-refractivity contribution in [3.05, 3.63) is 51.8 Å². The zero-order valence-corrected chi connectivity index (χ0v) is 12.0. The molecule has 1 aromatic heterocycles. The number of halogens is 1. The lowest BCUT2D eigenvalue weighted by molar-refractivity contribution is 0.902. The number of hydrogen-bond donors (Lipinski definition) is 1. The summed E-state index contributed by atoms with van der Waals surface area (Å²) in [6, 6.07) is 10.2. The van der Waals surface area contributed by atoms with Gasteiger partial charge in [0.2, 0.25) is 0 Å². The fraction of sp³-hybridized carbons (Fsp3) is 0.214. The normalized spacial score (nSPS) is 10.1. The highest BCUT2D eigenvalue weighted by molar-refractivity contribution is 9.10. The van der Waals surface area contributed by atoms with Gasteiger partial charge in [0.15, 0.2) is 0 Å². The van der Waals surface area contributed by atoms with E-state index in [2.05, 4.69) is 40.3 Å². The van der Waals surface area contributed by atoms with E-state index >= 15 is 0 Å². The molecule has 92 valence electrons. The van der Waals surface area contributed by atoms with Crippen molar-refractivity contribution in [2.75, 3.05) is 5.32 Å². The molecular formula is C14H14BrN3. The number of anilines is 1. The second-order valence-corrected chi connectivity index (χ2v) is 5.13. The number of aromatic nitrogens is 1. The summed E-state index contributed by atoms with van der Waals surface area (Å²) in [5.41, 5.74) is 4.07. The zero-order valence-electron chi connectivity index (χ0n) is 10.4. The van der Waals surface area contributed by atoms with Crippen LogP contribution in [0.4, 0.5) is 5.69 Å². The molecule has 4 heteroatoms. The Morgan fingerprint density at radius 2 is 2.17 bits per heavy atom. The lowest BCUT2D eigenvalue weighted by Gasteiger charge is -2.07. The average molecular weight is 304 g/mol. The monoisotopic (exact) mass is 303 g/mol. The van der Waals surface area contributed by atoms with Crippen molar-refractivity contribution in [3.63, 3.8) is 0 Å². The zero-order chi connectivity index (χ0) is 13.1. The van der Waals surface area contributed by atoms with Gasteiger partial charge in [0, 0.05) is 29.9 Å². The summed E-state index contributed by atoms with van der Waals surface area (Å²) < 4.78 is 2.95. The molecule has 0 bridgehead atoms. The molecule has 18 heavy (non-hydrogen) atoms. The van der Waals surface area contributed by atoms with E-state index in [-0.39, 0.29) is 0 Å². The van der Waals surface area contributed by atoms with Crippen LogP contribution in [0, 0.1) is 18.3 Å². The van der Waals surface area contributed by atoms with Crippen LogP contribution in [0.1, 0.15) is 16.8 Å². The fourth-order valence-corrected chi connectivity index (χ4v) is 2.05. The largest absolute Gasteiger partial charge is 0.381 e. The molecule has 0 aliphatic heterocycles. The van der Waals surface area contributed by atoms with E-state index in [0.29, 0.717) is 5.69 Å². The number of nitriles is 1. The second-order valence-electron chi connectivity index (χ2n) is 4.27. The van der Waals surface area contributed by atoms with Crippen molar-refractivity contribution in [3.8, 4) is 6.07 Å². The van der Waals surface area contributed by atoms with Gasteiger partial charge in [-0.05, 0) is 42.3 Å². The molecule has 0 spiro atoms. The summed E-state index contributed by atoms with van der Waals surface area (Å²) in [6.45, 7) is 2.78. The molecule has 1 aromatic carbocycles. The smallest absolute Gasteiger partial charge is 0.120 e. The van der Waals surface area contributed by atoms with Gasteiger partial charge in [-0.25, -0.2) is 0 Å². The molecule has 1 N–H and O–H groups in total. The minimum atomic E-state index is 0.679. The molecule has 0 saturated heterocycles. The molecule has 0 aliphatic carbocycles. The topological polar surface area (TPSA) is 40.8 Å². The van der Waals surface area contributed by atoms with Crippen LogP contribution in [0.25, 0.3) is 0 Å². The summed E-state index contributed by atoms with van der Waals surface area (Å²) in [5, 5.41) is 12.2. The molecule has 3 nitrogen and oxygen atoms in total. The molecule has 0 unspecified atom stereocenters. The van der Waals surface area contributed by atoms with Crippen LogP contribution in [-0.4, -0.2) is 4.57 Å². The molecule has 0 fully saturated rings. The lowest BCUT2D eigenvalue weighted by atomic mass is 10.2. The van der Waals surface area contributed by atoms with E-state index in [1.54, 1.807) is 0 Å². The maximum atomic E-state index is 8.89. The first-order chi connectivity index (χ1) is 8.60. The third-order valence-electron chi connectivity index (χ3n) is 2.83. The maximum Gasteiger partial charge on any atom is 0.120 e. The van der Waals surface area contributed by atoms with E-state index < -0.39 is 0 Å². The third kappa shape index (κ3) is 2.74. The predicted octanol–water partition coefficient (Wildman–Crippen LogP) is 3.58. The van der Waals surface area contributed by atoms with E-state index in [1.165, 1.54) is 5.56 Å². The number of hydrogen-bond acceptors (Lipinski definition) is 2. The second kappa shape index (κ2) is 5.28. The Bertz CT molecular complexity index is 608. The van der Waals surface area contributed by atoms with E-state index in [9.17, 15) is 0 Å². The number of rotatable bonds is 3. The SMILES string of the molecule is Cc1cc(NCc2cc(C#N)n(C)c2)ccc1Br. The number of aryl methyl sites for hydroxylation is 2. The van der Waals surface area contributed by atoms with Gasteiger partial charge in [-0.1, -0.05) is 15.9 Å². The van der Waals surface area contributed by atoms with Crippen molar-refractivity contribution in [1.29, 1.82) is 5.26 Å². The Kier molecular flexibility index (Phi) is 3.73. The third-order valence-corrected chi connectivity index (χ3v) is 3.72. The van der Waals surface area contributed by atoms with Crippen molar-refractivity contribution in [2.24, 2.45) is 7.05 Å². The summed E-state index contributed by atoms with van der Waals surface area (Å²) in [4.78, 5) is 0. The van der Waals surface area contributed by atoms with Crippen molar-refractivity contribution in [2.45, 2.75) is 13.5 Å². The molecular weight excluding hydrogens is 290 g/mol. The van der Waals surface area contributed by atoms with Gasteiger partial charge in [0.25, 0.3) is 0 Å². The lowest BCUT2D eigenvalue weighted by Crippen LogP contribution is -1.98. The molecule has 1 heterocycles. The van der Waals surface area contributed by atoms with Crippen LogP contribution in [0.3, 0.4) is 0 Å². The minimum absolute atomic E-state index is 0.679. The van der Waals surface area contributed by atoms with Crippen molar-refractivity contribution < 1.29 is 0 Å². The van der Waals surface area contributed by atoms with E-state index in [1.807, 2.05) is 36.0 Å².